The van der Waals surface area contributed by atoms with Gasteiger partial charge in [0.05, 0.1) is 6.04 Å². The van der Waals surface area contributed by atoms with Gasteiger partial charge in [0.25, 0.3) is 0 Å². The van der Waals surface area contributed by atoms with E-state index in [1.165, 1.54) is 11.1 Å². The van der Waals surface area contributed by atoms with Crippen molar-refractivity contribution in [2.45, 2.75) is 26.8 Å². The van der Waals surface area contributed by atoms with Gasteiger partial charge in [-0.1, -0.05) is 35.4 Å². The fourth-order valence-electron chi connectivity index (χ4n) is 2.82. The number of halogens is 1. The molecule has 0 fully saturated rings. The summed E-state index contributed by atoms with van der Waals surface area (Å²) < 4.78 is 5.97. The Morgan fingerprint density at radius 1 is 1.05 bits per heavy atom. The number of fused-ring (bicyclic) bond motifs is 1. The minimum atomic E-state index is -0.267. The molecule has 2 aromatic carbocycles. The number of hydrogen-bond donors (Lipinski definition) is 1. The molecular formula is C18H18ClNO. The Balaban J connectivity index is 2.13. The van der Waals surface area contributed by atoms with E-state index in [4.69, 9.17) is 21.8 Å². The Bertz CT molecular complexity index is 819. The Labute approximate surface area is 129 Å². The summed E-state index contributed by atoms with van der Waals surface area (Å²) in [5.41, 5.74) is 11.8. The second kappa shape index (κ2) is 5.21. The van der Waals surface area contributed by atoms with E-state index in [9.17, 15) is 0 Å². The summed E-state index contributed by atoms with van der Waals surface area (Å²) >= 11 is 6.07. The fraction of sp³-hybridized carbons (Fsp3) is 0.222. The van der Waals surface area contributed by atoms with E-state index >= 15 is 0 Å². The average molecular weight is 300 g/mol. The first-order valence-electron chi connectivity index (χ1n) is 6.98. The van der Waals surface area contributed by atoms with E-state index in [0.717, 1.165) is 27.9 Å². The SMILES string of the molecule is Cc1ccc(C(N)c2oc3ccc(Cl)cc3c2C)c(C)c1. The number of aryl methyl sites for hydroxylation is 3. The van der Waals surface area contributed by atoms with Gasteiger partial charge in [-0.25, -0.2) is 0 Å². The molecule has 2 nitrogen and oxygen atoms in total. The van der Waals surface area contributed by atoms with Crippen LogP contribution in [0.1, 0.15) is 34.1 Å². The highest BCUT2D eigenvalue weighted by Gasteiger charge is 2.20. The lowest BCUT2D eigenvalue weighted by Crippen LogP contribution is -2.13. The topological polar surface area (TPSA) is 39.2 Å². The van der Waals surface area contributed by atoms with Crippen LogP contribution in [0.25, 0.3) is 11.0 Å². The van der Waals surface area contributed by atoms with Gasteiger partial charge in [0.1, 0.15) is 11.3 Å². The molecule has 1 unspecified atom stereocenters. The van der Waals surface area contributed by atoms with E-state index < -0.39 is 0 Å². The third kappa shape index (κ3) is 2.45. The van der Waals surface area contributed by atoms with Gasteiger partial charge in [-0.15, -0.1) is 0 Å². The van der Waals surface area contributed by atoms with Gasteiger partial charge >= 0.3 is 0 Å². The second-order valence-electron chi connectivity index (χ2n) is 5.57. The van der Waals surface area contributed by atoms with Gasteiger partial charge in [-0.05, 0) is 50.1 Å². The highest BCUT2D eigenvalue weighted by atomic mass is 35.5. The molecule has 3 aromatic rings. The first-order chi connectivity index (χ1) is 9.97. The summed E-state index contributed by atoms with van der Waals surface area (Å²) in [6.07, 6.45) is 0. The van der Waals surface area contributed by atoms with Crippen molar-refractivity contribution in [2.24, 2.45) is 5.73 Å². The quantitative estimate of drug-likeness (QED) is 0.718. The summed E-state index contributed by atoms with van der Waals surface area (Å²) in [4.78, 5) is 0. The highest BCUT2D eigenvalue weighted by Crippen LogP contribution is 2.33. The molecule has 1 atom stereocenters. The Morgan fingerprint density at radius 3 is 2.52 bits per heavy atom. The molecule has 0 amide bonds. The summed E-state index contributed by atoms with van der Waals surface area (Å²) in [6.45, 7) is 6.19. The zero-order valence-corrected chi connectivity index (χ0v) is 13.2. The van der Waals surface area contributed by atoms with Crippen LogP contribution < -0.4 is 5.73 Å². The Hall–Kier alpha value is -1.77. The monoisotopic (exact) mass is 299 g/mol. The van der Waals surface area contributed by atoms with Crippen molar-refractivity contribution in [2.75, 3.05) is 0 Å². The highest BCUT2D eigenvalue weighted by molar-refractivity contribution is 6.31. The molecular weight excluding hydrogens is 282 g/mol. The van der Waals surface area contributed by atoms with Gasteiger partial charge in [0, 0.05) is 16.0 Å². The molecule has 0 aliphatic rings. The maximum atomic E-state index is 6.44. The first kappa shape index (κ1) is 14.2. The number of furan rings is 1. The lowest BCUT2D eigenvalue weighted by atomic mass is 9.96. The van der Waals surface area contributed by atoms with Crippen LogP contribution in [0.3, 0.4) is 0 Å². The van der Waals surface area contributed by atoms with Gasteiger partial charge < -0.3 is 10.2 Å². The molecule has 1 aromatic heterocycles. The van der Waals surface area contributed by atoms with Crippen molar-refractivity contribution in [3.8, 4) is 0 Å². The summed E-state index contributed by atoms with van der Waals surface area (Å²) in [5, 5.41) is 1.73. The van der Waals surface area contributed by atoms with E-state index in [0.29, 0.717) is 5.02 Å². The summed E-state index contributed by atoms with van der Waals surface area (Å²) in [5.74, 6) is 0.805. The predicted molar refractivity (Wildman–Crippen MR) is 87.9 cm³/mol. The van der Waals surface area contributed by atoms with Crippen molar-refractivity contribution >= 4 is 22.6 Å². The molecule has 2 N–H and O–H groups in total. The van der Waals surface area contributed by atoms with E-state index in [-0.39, 0.29) is 6.04 Å². The van der Waals surface area contributed by atoms with Crippen LogP contribution in [0.5, 0.6) is 0 Å². The van der Waals surface area contributed by atoms with E-state index in [1.807, 2.05) is 25.1 Å². The van der Waals surface area contributed by atoms with Gasteiger partial charge in [0.2, 0.25) is 0 Å². The minimum absolute atomic E-state index is 0.267. The fourth-order valence-corrected chi connectivity index (χ4v) is 3.00. The van der Waals surface area contributed by atoms with E-state index in [1.54, 1.807) is 0 Å². The zero-order chi connectivity index (χ0) is 15.1. The number of hydrogen-bond acceptors (Lipinski definition) is 2. The third-order valence-corrected chi connectivity index (χ3v) is 4.21. The number of rotatable bonds is 2. The summed E-state index contributed by atoms with van der Waals surface area (Å²) in [6, 6.07) is 11.7. The molecule has 0 saturated heterocycles. The number of nitrogens with two attached hydrogens (primary N) is 1. The molecule has 0 saturated carbocycles. The van der Waals surface area contributed by atoms with Gasteiger partial charge in [0.15, 0.2) is 0 Å². The molecule has 0 aliphatic carbocycles. The molecule has 108 valence electrons. The third-order valence-electron chi connectivity index (χ3n) is 3.98. The zero-order valence-electron chi connectivity index (χ0n) is 12.4. The van der Waals surface area contributed by atoms with Crippen molar-refractivity contribution in [3.05, 3.63) is 69.4 Å². The van der Waals surface area contributed by atoms with E-state index in [2.05, 4.69) is 32.0 Å². The van der Waals surface area contributed by atoms with Crippen molar-refractivity contribution in [3.63, 3.8) is 0 Å². The normalized spacial score (nSPS) is 12.8. The first-order valence-corrected chi connectivity index (χ1v) is 7.36. The van der Waals surface area contributed by atoms with Crippen LogP contribution in [-0.2, 0) is 0 Å². The second-order valence-corrected chi connectivity index (χ2v) is 6.01. The van der Waals surface area contributed by atoms with Crippen molar-refractivity contribution in [1.82, 2.24) is 0 Å². The Kier molecular flexibility index (Phi) is 3.52. The average Bonchev–Trinajstić information content (AvgIpc) is 2.75. The molecule has 0 spiro atoms. The predicted octanol–water partition coefficient (Wildman–Crippen LogP) is 5.06. The molecule has 3 heteroatoms. The lowest BCUT2D eigenvalue weighted by Gasteiger charge is -2.14. The number of benzene rings is 2. The molecule has 0 bridgehead atoms. The molecule has 21 heavy (non-hydrogen) atoms. The van der Waals surface area contributed by atoms with Gasteiger partial charge in [-0.2, -0.15) is 0 Å². The standard InChI is InChI=1S/C18H18ClNO/c1-10-4-6-14(11(2)8-10)17(20)18-12(3)15-9-13(19)5-7-16(15)21-18/h4-9,17H,20H2,1-3H3. The largest absolute Gasteiger partial charge is 0.459 e. The maximum absolute atomic E-state index is 6.44. The smallest absolute Gasteiger partial charge is 0.134 e. The minimum Gasteiger partial charge on any atom is -0.459 e. The van der Waals surface area contributed by atoms with Crippen LogP contribution >= 0.6 is 11.6 Å². The van der Waals surface area contributed by atoms with Crippen LogP contribution in [-0.4, -0.2) is 0 Å². The lowest BCUT2D eigenvalue weighted by molar-refractivity contribution is 0.520. The Morgan fingerprint density at radius 2 is 1.81 bits per heavy atom. The van der Waals surface area contributed by atoms with Crippen LogP contribution in [0, 0.1) is 20.8 Å². The molecule has 3 rings (SSSR count). The van der Waals surface area contributed by atoms with Crippen LogP contribution in [0.4, 0.5) is 0 Å². The van der Waals surface area contributed by atoms with Crippen LogP contribution in [0.2, 0.25) is 5.02 Å². The maximum Gasteiger partial charge on any atom is 0.134 e. The molecule has 1 heterocycles. The molecule has 0 radical (unpaired) electrons. The molecule has 0 aliphatic heterocycles. The van der Waals surface area contributed by atoms with Crippen molar-refractivity contribution < 1.29 is 4.42 Å². The van der Waals surface area contributed by atoms with Gasteiger partial charge in [-0.3, -0.25) is 0 Å². The summed E-state index contributed by atoms with van der Waals surface area (Å²) in [7, 11) is 0. The van der Waals surface area contributed by atoms with Crippen molar-refractivity contribution in [1.29, 1.82) is 0 Å². The van der Waals surface area contributed by atoms with Crippen LogP contribution in [0.15, 0.2) is 40.8 Å².